The van der Waals surface area contributed by atoms with Crippen molar-refractivity contribution in [1.29, 1.82) is 0 Å². The fourth-order valence-corrected chi connectivity index (χ4v) is 2.62. The number of ether oxygens (including phenoxy) is 1. The fraction of sp³-hybridized carbons (Fsp3) is 0.364. The van der Waals surface area contributed by atoms with Crippen LogP contribution < -0.4 is 10.2 Å². The number of hydrogen-bond acceptors (Lipinski definition) is 3. The van der Waals surface area contributed by atoms with Crippen molar-refractivity contribution in [3.63, 3.8) is 0 Å². The number of hydrogen-bond donors (Lipinski definition) is 1. The minimum absolute atomic E-state index is 0.0668. The Morgan fingerprint density at radius 2 is 1.62 bits per heavy atom. The maximum absolute atomic E-state index is 12.0. The summed E-state index contributed by atoms with van der Waals surface area (Å²) in [6.07, 6.45) is 0. The summed E-state index contributed by atoms with van der Waals surface area (Å²) in [5.41, 5.74) is 7.87. The predicted molar refractivity (Wildman–Crippen MR) is 107 cm³/mol. The molecule has 2 rings (SSSR count). The van der Waals surface area contributed by atoms with E-state index >= 15 is 0 Å². The van der Waals surface area contributed by atoms with E-state index in [1.807, 2.05) is 45.0 Å². The highest BCUT2D eigenvalue weighted by Gasteiger charge is 2.13. The third kappa shape index (κ3) is 5.73. The second kappa shape index (κ2) is 8.17. The second-order valence-corrected chi connectivity index (χ2v) is 7.67. The van der Waals surface area contributed by atoms with E-state index in [1.165, 1.54) is 5.56 Å². The van der Waals surface area contributed by atoms with E-state index < -0.39 is 0 Å². The van der Waals surface area contributed by atoms with E-state index in [9.17, 15) is 4.79 Å². The van der Waals surface area contributed by atoms with Crippen LogP contribution in [0.15, 0.2) is 47.6 Å². The second-order valence-electron chi connectivity index (χ2n) is 7.67. The lowest BCUT2D eigenvalue weighted by Gasteiger charge is -2.19. The number of carbonyl (C=O) groups excluding carboxylic acids is 1. The van der Waals surface area contributed by atoms with Crippen LogP contribution in [0.1, 0.15) is 49.9 Å². The number of amides is 1. The van der Waals surface area contributed by atoms with Gasteiger partial charge in [0.2, 0.25) is 0 Å². The summed E-state index contributed by atoms with van der Waals surface area (Å²) in [6.45, 7) is 12.3. The van der Waals surface area contributed by atoms with Crippen LogP contribution in [0, 0.1) is 13.8 Å². The van der Waals surface area contributed by atoms with Crippen molar-refractivity contribution in [1.82, 2.24) is 5.43 Å². The highest BCUT2D eigenvalue weighted by Crippen LogP contribution is 2.22. The van der Waals surface area contributed by atoms with Crippen LogP contribution in [0.5, 0.6) is 5.75 Å². The average molecular weight is 352 g/mol. The molecule has 0 aromatic heterocycles. The molecule has 138 valence electrons. The van der Waals surface area contributed by atoms with Gasteiger partial charge in [-0.3, -0.25) is 4.79 Å². The predicted octanol–water partition coefficient (Wildman–Crippen LogP) is 4.52. The molecular weight excluding hydrogens is 324 g/mol. The van der Waals surface area contributed by atoms with Gasteiger partial charge in [0.1, 0.15) is 5.75 Å². The third-order valence-corrected chi connectivity index (χ3v) is 4.08. The van der Waals surface area contributed by atoms with Gasteiger partial charge in [-0.2, -0.15) is 5.10 Å². The summed E-state index contributed by atoms with van der Waals surface area (Å²) in [5, 5.41) is 4.17. The average Bonchev–Trinajstić information content (AvgIpc) is 2.56. The van der Waals surface area contributed by atoms with Crippen molar-refractivity contribution in [3.8, 4) is 5.75 Å². The topological polar surface area (TPSA) is 50.7 Å². The standard InChI is InChI=1S/C22H28N2O2/c1-15-11-16(2)13-20(12-15)26-14-21(25)24-23-17(3)18-7-9-19(10-8-18)22(4,5)6/h7-13H,14H2,1-6H3,(H,24,25)/b23-17+. The van der Waals surface area contributed by atoms with E-state index in [-0.39, 0.29) is 17.9 Å². The third-order valence-electron chi connectivity index (χ3n) is 4.08. The van der Waals surface area contributed by atoms with Gasteiger partial charge in [-0.15, -0.1) is 0 Å². The van der Waals surface area contributed by atoms with Gasteiger partial charge in [0.25, 0.3) is 5.91 Å². The van der Waals surface area contributed by atoms with Crippen molar-refractivity contribution in [2.24, 2.45) is 5.10 Å². The van der Waals surface area contributed by atoms with Gasteiger partial charge in [-0.1, -0.05) is 51.1 Å². The van der Waals surface area contributed by atoms with Gasteiger partial charge >= 0.3 is 0 Å². The molecule has 2 aromatic carbocycles. The Balaban J connectivity index is 1.92. The van der Waals surface area contributed by atoms with Gasteiger partial charge in [0, 0.05) is 0 Å². The molecule has 0 unspecified atom stereocenters. The molecule has 0 saturated carbocycles. The molecule has 0 atom stereocenters. The minimum atomic E-state index is -0.283. The van der Waals surface area contributed by atoms with Crippen molar-refractivity contribution in [2.45, 2.75) is 47.0 Å². The summed E-state index contributed by atoms with van der Waals surface area (Å²) >= 11 is 0. The zero-order valence-corrected chi connectivity index (χ0v) is 16.5. The molecule has 2 aromatic rings. The first-order chi connectivity index (χ1) is 12.1. The number of nitrogens with zero attached hydrogens (tertiary/aromatic N) is 1. The first-order valence-electron chi connectivity index (χ1n) is 8.80. The Bertz CT molecular complexity index is 780. The quantitative estimate of drug-likeness (QED) is 0.635. The van der Waals surface area contributed by atoms with Crippen LogP contribution in [0.4, 0.5) is 0 Å². The normalized spacial score (nSPS) is 12.0. The number of nitrogens with one attached hydrogen (secondary N) is 1. The van der Waals surface area contributed by atoms with Crippen LogP contribution in [-0.2, 0) is 10.2 Å². The molecule has 0 aliphatic heterocycles. The zero-order valence-electron chi connectivity index (χ0n) is 16.5. The summed E-state index contributed by atoms with van der Waals surface area (Å²) in [7, 11) is 0. The van der Waals surface area contributed by atoms with Crippen molar-refractivity contribution < 1.29 is 9.53 Å². The van der Waals surface area contributed by atoms with Crippen LogP contribution in [-0.4, -0.2) is 18.2 Å². The lowest BCUT2D eigenvalue weighted by molar-refractivity contribution is -0.123. The van der Waals surface area contributed by atoms with Crippen LogP contribution in [0.3, 0.4) is 0 Å². The molecule has 1 amide bonds. The summed E-state index contributed by atoms with van der Waals surface area (Å²) in [5.74, 6) is 0.408. The molecule has 0 aliphatic carbocycles. The molecule has 0 heterocycles. The summed E-state index contributed by atoms with van der Waals surface area (Å²) in [4.78, 5) is 12.0. The molecule has 0 aliphatic rings. The van der Waals surface area contributed by atoms with Crippen molar-refractivity contribution in [3.05, 3.63) is 64.7 Å². The number of aryl methyl sites for hydroxylation is 2. The highest BCUT2D eigenvalue weighted by molar-refractivity contribution is 5.99. The molecule has 26 heavy (non-hydrogen) atoms. The number of carbonyl (C=O) groups is 1. The van der Waals surface area contributed by atoms with E-state index in [0.717, 1.165) is 22.4 Å². The first kappa shape index (κ1) is 19.7. The zero-order chi connectivity index (χ0) is 19.3. The number of rotatable bonds is 5. The first-order valence-corrected chi connectivity index (χ1v) is 8.80. The molecule has 0 spiro atoms. The monoisotopic (exact) mass is 352 g/mol. The summed E-state index contributed by atoms with van der Waals surface area (Å²) in [6, 6.07) is 14.1. The molecule has 0 bridgehead atoms. The Morgan fingerprint density at radius 1 is 1.04 bits per heavy atom. The van der Waals surface area contributed by atoms with Crippen molar-refractivity contribution in [2.75, 3.05) is 6.61 Å². The minimum Gasteiger partial charge on any atom is -0.484 e. The maximum Gasteiger partial charge on any atom is 0.277 e. The molecule has 4 heteroatoms. The molecule has 0 radical (unpaired) electrons. The number of benzene rings is 2. The molecule has 0 fully saturated rings. The van der Waals surface area contributed by atoms with Crippen LogP contribution in [0.25, 0.3) is 0 Å². The van der Waals surface area contributed by atoms with Crippen LogP contribution >= 0.6 is 0 Å². The van der Waals surface area contributed by atoms with E-state index in [2.05, 4.69) is 49.5 Å². The smallest absolute Gasteiger partial charge is 0.277 e. The highest BCUT2D eigenvalue weighted by atomic mass is 16.5. The Hall–Kier alpha value is -2.62. The van der Waals surface area contributed by atoms with E-state index in [1.54, 1.807) is 0 Å². The summed E-state index contributed by atoms with van der Waals surface area (Å²) < 4.78 is 5.54. The fourth-order valence-electron chi connectivity index (χ4n) is 2.62. The molecule has 4 nitrogen and oxygen atoms in total. The lowest BCUT2D eigenvalue weighted by atomic mass is 9.86. The Kier molecular flexibility index (Phi) is 6.19. The molecule has 1 N–H and O–H groups in total. The van der Waals surface area contributed by atoms with E-state index in [0.29, 0.717) is 5.75 Å². The Labute approximate surface area is 156 Å². The van der Waals surface area contributed by atoms with Gasteiger partial charge < -0.3 is 4.74 Å². The lowest BCUT2D eigenvalue weighted by Crippen LogP contribution is -2.25. The molecule has 0 saturated heterocycles. The van der Waals surface area contributed by atoms with Crippen molar-refractivity contribution >= 4 is 11.6 Å². The number of hydrazone groups is 1. The SMILES string of the molecule is C/C(=N\NC(=O)COc1cc(C)cc(C)c1)c1ccc(C(C)(C)C)cc1. The van der Waals surface area contributed by atoms with Gasteiger partial charge in [0.15, 0.2) is 6.61 Å². The maximum atomic E-state index is 12.0. The molecular formula is C22H28N2O2. The van der Waals surface area contributed by atoms with Gasteiger partial charge in [-0.05, 0) is 60.6 Å². The van der Waals surface area contributed by atoms with Crippen LogP contribution in [0.2, 0.25) is 0 Å². The van der Waals surface area contributed by atoms with E-state index in [4.69, 9.17) is 4.74 Å². The Morgan fingerprint density at radius 3 is 2.15 bits per heavy atom. The van der Waals surface area contributed by atoms with Gasteiger partial charge in [0.05, 0.1) is 5.71 Å². The largest absolute Gasteiger partial charge is 0.484 e. The van der Waals surface area contributed by atoms with Gasteiger partial charge in [-0.25, -0.2) is 5.43 Å².